The van der Waals surface area contributed by atoms with E-state index < -0.39 is 23.6 Å². The predicted molar refractivity (Wildman–Crippen MR) is 103 cm³/mol. The van der Waals surface area contributed by atoms with Gasteiger partial charge in [0.2, 0.25) is 0 Å². The van der Waals surface area contributed by atoms with Crippen molar-refractivity contribution in [2.24, 2.45) is 0 Å². The van der Waals surface area contributed by atoms with Crippen LogP contribution in [0.5, 0.6) is 0 Å². The molecule has 0 radical (unpaired) electrons. The van der Waals surface area contributed by atoms with Gasteiger partial charge in [-0.2, -0.15) is 0 Å². The molecule has 6 nitrogen and oxygen atoms in total. The van der Waals surface area contributed by atoms with Gasteiger partial charge in [0.15, 0.2) is 0 Å². The molecule has 3 aromatic rings. The van der Waals surface area contributed by atoms with Crippen LogP contribution in [0.15, 0.2) is 48.5 Å². The van der Waals surface area contributed by atoms with Gasteiger partial charge in [-0.1, -0.05) is 17.7 Å². The van der Waals surface area contributed by atoms with Crippen LogP contribution in [0.25, 0.3) is 10.8 Å². The summed E-state index contributed by atoms with van der Waals surface area (Å²) in [4.78, 5) is 53.6. The summed E-state index contributed by atoms with van der Waals surface area (Å²) in [5.74, 6) is -1.82. The van der Waals surface area contributed by atoms with Crippen LogP contribution in [0.3, 0.4) is 0 Å². The number of hydrogen-bond donors (Lipinski definition) is 0. The van der Waals surface area contributed by atoms with Crippen LogP contribution >= 0.6 is 0 Å². The van der Waals surface area contributed by atoms with Crippen molar-refractivity contribution in [2.45, 2.75) is 6.92 Å². The summed E-state index contributed by atoms with van der Waals surface area (Å²) >= 11 is 0. The molecule has 0 N–H and O–H groups in total. The zero-order valence-electron chi connectivity index (χ0n) is 15.1. The molecule has 0 saturated heterocycles. The number of nitrogens with zero attached hydrogens (tertiary/aromatic N) is 2. The van der Waals surface area contributed by atoms with Crippen LogP contribution in [-0.4, -0.2) is 35.6 Å². The Hall–Kier alpha value is -3.80. The zero-order chi connectivity index (χ0) is 19.7. The van der Waals surface area contributed by atoms with Gasteiger partial charge < -0.3 is 0 Å². The van der Waals surface area contributed by atoms with Gasteiger partial charge in [-0.3, -0.25) is 24.1 Å². The summed E-state index contributed by atoms with van der Waals surface area (Å²) in [5, 5.41) is 0.761. The average molecular weight is 370 g/mol. The summed E-state index contributed by atoms with van der Waals surface area (Å²) in [6, 6.07) is 13.3. The second-order valence-corrected chi connectivity index (χ2v) is 7.02. The Morgan fingerprint density at radius 1 is 0.571 bits per heavy atom. The van der Waals surface area contributed by atoms with Crippen LogP contribution in [-0.2, 0) is 0 Å². The van der Waals surface area contributed by atoms with E-state index in [4.69, 9.17) is 0 Å². The number of carbonyl (C=O) groups excluding carboxylic acids is 4. The van der Waals surface area contributed by atoms with E-state index in [-0.39, 0.29) is 0 Å². The van der Waals surface area contributed by atoms with Gasteiger partial charge in [0, 0.05) is 40.1 Å². The van der Waals surface area contributed by atoms with Crippen molar-refractivity contribution < 1.29 is 19.2 Å². The van der Waals surface area contributed by atoms with E-state index in [2.05, 4.69) is 0 Å². The second-order valence-electron chi connectivity index (χ2n) is 7.02. The van der Waals surface area contributed by atoms with Crippen LogP contribution < -0.4 is 4.90 Å². The summed E-state index contributed by atoms with van der Waals surface area (Å²) in [6.07, 6.45) is 0. The maximum Gasteiger partial charge on any atom is 0.265 e. The molecule has 0 aliphatic carbocycles. The maximum absolute atomic E-state index is 13.2. The van der Waals surface area contributed by atoms with Crippen molar-refractivity contribution in [3.8, 4) is 0 Å². The van der Waals surface area contributed by atoms with Crippen LogP contribution in [0, 0.1) is 6.92 Å². The minimum Gasteiger partial charge on any atom is -0.277 e. The van der Waals surface area contributed by atoms with Crippen molar-refractivity contribution >= 4 is 40.1 Å². The fourth-order valence-electron chi connectivity index (χ4n) is 3.92. The number of hydrogen-bond acceptors (Lipinski definition) is 4. The van der Waals surface area contributed by atoms with E-state index in [1.165, 1.54) is 7.05 Å². The topological polar surface area (TPSA) is 74.8 Å². The second kappa shape index (κ2) is 5.36. The van der Waals surface area contributed by atoms with E-state index in [1.54, 1.807) is 36.4 Å². The SMILES string of the molecule is Cc1ccc(N2C(=O)c3ccc4c5c(ccc(c35)C2=O)C(=O)N(C)C4=O)cc1. The summed E-state index contributed by atoms with van der Waals surface area (Å²) in [7, 11) is 1.42. The van der Waals surface area contributed by atoms with Gasteiger partial charge in [0.25, 0.3) is 23.6 Å². The standard InChI is InChI=1S/C22H14N2O4/c1-11-3-5-12(6-4-11)24-21(27)15-9-7-13-17-14(20(26)23(2)19(13)25)8-10-16(18(15)17)22(24)28/h3-10H,1-2H3. The van der Waals surface area contributed by atoms with Gasteiger partial charge in [0.1, 0.15) is 0 Å². The van der Waals surface area contributed by atoms with Crippen molar-refractivity contribution in [1.82, 2.24) is 4.90 Å². The van der Waals surface area contributed by atoms with E-state index in [1.807, 2.05) is 19.1 Å². The van der Waals surface area contributed by atoms with E-state index in [0.717, 1.165) is 15.4 Å². The molecule has 2 aliphatic rings. The number of rotatable bonds is 1. The first kappa shape index (κ1) is 16.4. The third-order valence-corrected chi connectivity index (χ3v) is 5.39. The highest BCUT2D eigenvalue weighted by Crippen LogP contribution is 2.38. The molecule has 0 fully saturated rings. The first-order valence-electron chi connectivity index (χ1n) is 8.77. The van der Waals surface area contributed by atoms with Gasteiger partial charge >= 0.3 is 0 Å². The third-order valence-electron chi connectivity index (χ3n) is 5.39. The van der Waals surface area contributed by atoms with Crippen LogP contribution in [0.1, 0.15) is 47.0 Å². The molecule has 0 aromatic heterocycles. The quantitative estimate of drug-likeness (QED) is 0.617. The Bertz CT molecular complexity index is 1190. The van der Waals surface area contributed by atoms with Gasteiger partial charge in [-0.05, 0) is 43.3 Å². The van der Waals surface area contributed by atoms with Crippen LogP contribution in [0.2, 0.25) is 0 Å². The normalized spacial score (nSPS) is 15.6. The Morgan fingerprint density at radius 2 is 0.964 bits per heavy atom. The molecule has 6 heteroatoms. The summed E-state index contributed by atoms with van der Waals surface area (Å²) in [6.45, 7) is 1.92. The number of anilines is 1. The van der Waals surface area contributed by atoms with E-state index in [0.29, 0.717) is 38.7 Å². The van der Waals surface area contributed by atoms with E-state index in [9.17, 15) is 19.2 Å². The van der Waals surface area contributed by atoms with Gasteiger partial charge in [0.05, 0.1) is 5.69 Å². The molecule has 28 heavy (non-hydrogen) atoms. The van der Waals surface area contributed by atoms with Crippen molar-refractivity contribution in [3.05, 3.63) is 76.3 Å². The maximum atomic E-state index is 13.2. The lowest BCUT2D eigenvalue weighted by atomic mass is 9.86. The molecule has 0 bridgehead atoms. The number of amides is 4. The molecule has 136 valence electrons. The fraction of sp³-hybridized carbons (Fsp3) is 0.0909. The monoisotopic (exact) mass is 370 g/mol. The summed E-state index contributed by atoms with van der Waals surface area (Å²) in [5.41, 5.74) is 2.75. The molecule has 4 amide bonds. The zero-order valence-corrected chi connectivity index (χ0v) is 15.1. The number of carbonyl (C=O) groups is 4. The van der Waals surface area contributed by atoms with Crippen LogP contribution in [0.4, 0.5) is 5.69 Å². The molecule has 0 atom stereocenters. The lowest BCUT2D eigenvalue weighted by Crippen LogP contribution is -2.42. The first-order valence-corrected chi connectivity index (χ1v) is 8.77. The lowest BCUT2D eigenvalue weighted by molar-refractivity contribution is 0.0649. The molecular weight excluding hydrogens is 356 g/mol. The third kappa shape index (κ3) is 1.91. The van der Waals surface area contributed by atoms with Crippen molar-refractivity contribution in [3.63, 3.8) is 0 Å². The molecule has 0 unspecified atom stereocenters. The van der Waals surface area contributed by atoms with Gasteiger partial charge in [-0.15, -0.1) is 0 Å². The molecule has 0 spiro atoms. The number of benzene rings is 3. The highest BCUT2D eigenvalue weighted by molar-refractivity contribution is 6.39. The highest BCUT2D eigenvalue weighted by Gasteiger charge is 2.39. The lowest BCUT2D eigenvalue weighted by Gasteiger charge is -2.30. The minimum atomic E-state index is -0.469. The van der Waals surface area contributed by atoms with Gasteiger partial charge in [-0.25, -0.2) is 4.90 Å². The molecule has 3 aromatic carbocycles. The van der Waals surface area contributed by atoms with Crippen molar-refractivity contribution in [1.29, 1.82) is 0 Å². The Labute approximate surface area is 160 Å². The predicted octanol–water partition coefficient (Wildman–Crippen LogP) is 3.17. The molecule has 5 rings (SSSR count). The molecule has 2 aliphatic heterocycles. The number of aryl methyl sites for hydroxylation is 1. The highest BCUT2D eigenvalue weighted by atomic mass is 16.2. The fourth-order valence-corrected chi connectivity index (χ4v) is 3.92. The first-order chi connectivity index (χ1) is 13.4. The Kier molecular flexibility index (Phi) is 3.13. The molecule has 0 saturated carbocycles. The molecule has 2 heterocycles. The summed E-state index contributed by atoms with van der Waals surface area (Å²) < 4.78 is 0. The Balaban J connectivity index is 1.81. The minimum absolute atomic E-state index is 0.306. The molecular formula is C22H14N2O4. The van der Waals surface area contributed by atoms with E-state index >= 15 is 0 Å². The van der Waals surface area contributed by atoms with Crippen molar-refractivity contribution in [2.75, 3.05) is 11.9 Å². The number of imide groups is 2. The largest absolute Gasteiger partial charge is 0.277 e. The smallest absolute Gasteiger partial charge is 0.265 e. The Morgan fingerprint density at radius 3 is 1.39 bits per heavy atom. The average Bonchev–Trinajstić information content (AvgIpc) is 2.70.